The first-order valence-electron chi connectivity index (χ1n) is 9.67. The highest BCUT2D eigenvalue weighted by Gasteiger charge is 2.24. The van der Waals surface area contributed by atoms with Crippen molar-refractivity contribution in [1.82, 2.24) is 35.6 Å². The zero-order valence-electron chi connectivity index (χ0n) is 17.6. The van der Waals surface area contributed by atoms with Crippen LogP contribution in [-0.4, -0.2) is 66.9 Å². The molecule has 4 rings (SSSR count). The Morgan fingerprint density at radius 3 is 2.79 bits per heavy atom. The molecule has 0 spiro atoms. The van der Waals surface area contributed by atoms with Crippen LogP contribution in [0.15, 0.2) is 36.5 Å². The number of rotatable bonds is 9. The summed E-state index contributed by atoms with van der Waals surface area (Å²) in [5.41, 5.74) is 6.20. The maximum atomic E-state index is 12.3. The Kier molecular flexibility index (Phi) is 6.75. The number of carbonyl (C=O) groups excluding carboxylic acids is 1. The fraction of sp³-hybridized carbons (Fsp3) is 0.150. The highest BCUT2D eigenvalue weighted by molar-refractivity contribution is 6.32. The van der Waals surface area contributed by atoms with Crippen molar-refractivity contribution in [1.29, 1.82) is 0 Å². The summed E-state index contributed by atoms with van der Waals surface area (Å²) >= 11 is 6.24. The number of hydrogen-bond acceptors (Lipinski definition) is 11. The van der Waals surface area contributed by atoms with Gasteiger partial charge in [-0.2, -0.15) is 4.98 Å². The number of hydrogen-bond donors (Lipinski definition) is 3. The minimum atomic E-state index is -0.903. The first-order chi connectivity index (χ1) is 16.5. The van der Waals surface area contributed by atoms with Crippen molar-refractivity contribution < 1.29 is 24.1 Å². The van der Waals surface area contributed by atoms with Crippen LogP contribution in [0.1, 0.15) is 10.5 Å². The lowest BCUT2D eigenvalue weighted by Crippen LogP contribution is -2.17. The molecular weight excluding hydrogens is 468 g/mol. The van der Waals surface area contributed by atoms with Crippen molar-refractivity contribution in [2.24, 2.45) is 5.73 Å². The number of pyridine rings is 1. The minimum absolute atomic E-state index is 0.0851. The standard InChI is InChI=1S/C20H17ClN8O5/c1-32-11-2-3-12(21)14(9-11)34-16-15(17(22)31)24-18(25-20(16)33-7-6-30)10-4-5-23-13(8-10)19-26-28-29-27-19/h2-5,8-9,30H,6-7H2,1H3,(H2,22,31)(H,26,27,28,29). The number of tetrazole rings is 1. The Morgan fingerprint density at radius 1 is 1.24 bits per heavy atom. The van der Waals surface area contributed by atoms with E-state index in [1.165, 1.54) is 19.4 Å². The number of amides is 1. The summed E-state index contributed by atoms with van der Waals surface area (Å²) < 4.78 is 16.6. The zero-order chi connectivity index (χ0) is 24.1. The highest BCUT2D eigenvalue weighted by atomic mass is 35.5. The number of carbonyl (C=O) groups is 1. The molecule has 14 heteroatoms. The number of aliphatic hydroxyl groups excluding tert-OH is 1. The molecule has 0 saturated carbocycles. The normalized spacial score (nSPS) is 10.7. The number of nitrogens with zero attached hydrogens (tertiary/aromatic N) is 6. The summed E-state index contributed by atoms with van der Waals surface area (Å²) in [6.45, 7) is -0.454. The van der Waals surface area contributed by atoms with Crippen molar-refractivity contribution in [3.05, 3.63) is 47.2 Å². The molecule has 1 amide bonds. The summed E-state index contributed by atoms with van der Waals surface area (Å²) in [5, 5.41) is 23.0. The number of nitrogens with one attached hydrogen (secondary N) is 1. The number of aromatic nitrogens is 7. The van der Waals surface area contributed by atoms with Gasteiger partial charge < -0.3 is 25.1 Å². The van der Waals surface area contributed by atoms with Gasteiger partial charge in [0.25, 0.3) is 11.8 Å². The Hall–Kier alpha value is -4.36. The van der Waals surface area contributed by atoms with Gasteiger partial charge in [-0.25, -0.2) is 10.1 Å². The van der Waals surface area contributed by atoms with Gasteiger partial charge in [-0.3, -0.25) is 9.78 Å². The third kappa shape index (κ3) is 4.84. The molecule has 0 unspecified atom stereocenters. The topological polar surface area (TPSA) is 184 Å². The number of ether oxygens (including phenoxy) is 3. The van der Waals surface area contributed by atoms with E-state index in [9.17, 15) is 9.90 Å². The van der Waals surface area contributed by atoms with E-state index >= 15 is 0 Å². The lowest BCUT2D eigenvalue weighted by Gasteiger charge is -2.16. The monoisotopic (exact) mass is 484 g/mol. The number of primary amides is 1. The maximum absolute atomic E-state index is 12.3. The number of aromatic amines is 1. The van der Waals surface area contributed by atoms with Crippen LogP contribution >= 0.6 is 11.6 Å². The average molecular weight is 485 g/mol. The number of halogens is 1. The van der Waals surface area contributed by atoms with Crippen LogP contribution in [-0.2, 0) is 0 Å². The van der Waals surface area contributed by atoms with Gasteiger partial charge >= 0.3 is 0 Å². The van der Waals surface area contributed by atoms with Crippen LogP contribution in [0.5, 0.6) is 23.1 Å². The predicted octanol–water partition coefficient (Wildman–Crippen LogP) is 1.64. The van der Waals surface area contributed by atoms with Crippen molar-refractivity contribution >= 4 is 17.5 Å². The van der Waals surface area contributed by atoms with Gasteiger partial charge in [0, 0.05) is 17.8 Å². The van der Waals surface area contributed by atoms with E-state index < -0.39 is 5.91 Å². The third-order valence-electron chi connectivity index (χ3n) is 4.35. The van der Waals surface area contributed by atoms with Crippen LogP contribution in [0.25, 0.3) is 22.9 Å². The first kappa shape index (κ1) is 22.8. The van der Waals surface area contributed by atoms with Gasteiger partial charge in [0.2, 0.25) is 5.75 Å². The fourth-order valence-corrected chi connectivity index (χ4v) is 2.98. The second-order valence-electron chi connectivity index (χ2n) is 6.54. The minimum Gasteiger partial charge on any atom is -0.497 e. The molecule has 0 aliphatic carbocycles. The van der Waals surface area contributed by atoms with Gasteiger partial charge in [-0.15, -0.1) is 5.10 Å². The van der Waals surface area contributed by atoms with Gasteiger partial charge in [0.15, 0.2) is 17.3 Å². The van der Waals surface area contributed by atoms with Gasteiger partial charge in [0.1, 0.15) is 23.8 Å². The molecule has 0 saturated heterocycles. The van der Waals surface area contributed by atoms with Crippen LogP contribution in [0.3, 0.4) is 0 Å². The third-order valence-corrected chi connectivity index (χ3v) is 4.67. The smallest absolute Gasteiger partial charge is 0.271 e. The number of benzene rings is 1. The van der Waals surface area contributed by atoms with Crippen molar-refractivity contribution in [3.8, 4) is 46.0 Å². The van der Waals surface area contributed by atoms with E-state index in [1.807, 2.05) is 0 Å². The van der Waals surface area contributed by atoms with Crippen molar-refractivity contribution in [3.63, 3.8) is 0 Å². The van der Waals surface area contributed by atoms with E-state index in [1.54, 1.807) is 24.3 Å². The van der Waals surface area contributed by atoms with Crippen molar-refractivity contribution in [2.45, 2.75) is 0 Å². The van der Waals surface area contributed by atoms with Crippen LogP contribution < -0.4 is 19.9 Å². The summed E-state index contributed by atoms with van der Waals surface area (Å²) in [4.78, 5) is 25.2. The summed E-state index contributed by atoms with van der Waals surface area (Å²) in [5.74, 6) is -0.192. The highest BCUT2D eigenvalue weighted by Crippen LogP contribution is 2.39. The molecule has 0 radical (unpaired) electrons. The molecule has 0 aliphatic heterocycles. The molecule has 4 N–H and O–H groups in total. The number of aliphatic hydroxyl groups is 1. The van der Waals surface area contributed by atoms with E-state index in [4.69, 9.17) is 31.5 Å². The summed E-state index contributed by atoms with van der Waals surface area (Å²) in [6, 6.07) is 7.93. The van der Waals surface area contributed by atoms with E-state index in [0.717, 1.165) is 0 Å². The maximum Gasteiger partial charge on any atom is 0.271 e. The molecule has 0 aliphatic rings. The molecule has 0 atom stereocenters. The summed E-state index contributed by atoms with van der Waals surface area (Å²) in [7, 11) is 1.48. The molecule has 34 heavy (non-hydrogen) atoms. The van der Waals surface area contributed by atoms with E-state index in [2.05, 4.69) is 35.6 Å². The Bertz CT molecular complexity index is 1320. The van der Waals surface area contributed by atoms with Crippen LogP contribution in [0.4, 0.5) is 0 Å². The molecule has 3 heterocycles. The Morgan fingerprint density at radius 2 is 2.09 bits per heavy atom. The fourth-order valence-electron chi connectivity index (χ4n) is 2.82. The molecule has 0 bridgehead atoms. The predicted molar refractivity (Wildman–Crippen MR) is 118 cm³/mol. The SMILES string of the molecule is COc1ccc(Cl)c(Oc2c(OCCO)nc(-c3ccnc(-c4nnn[nH]4)c3)nc2C(N)=O)c1. The first-order valence-corrected chi connectivity index (χ1v) is 10.1. The second kappa shape index (κ2) is 10.1. The van der Waals surface area contributed by atoms with Gasteiger partial charge in [0.05, 0.1) is 18.7 Å². The number of methoxy groups -OCH3 is 1. The lowest BCUT2D eigenvalue weighted by molar-refractivity contribution is 0.0991. The number of H-pyrrole nitrogens is 1. The summed E-state index contributed by atoms with van der Waals surface area (Å²) in [6.07, 6.45) is 1.50. The molecule has 174 valence electrons. The average Bonchev–Trinajstić information content (AvgIpc) is 3.39. The van der Waals surface area contributed by atoms with E-state index in [0.29, 0.717) is 22.8 Å². The molecule has 0 fully saturated rings. The molecule has 3 aromatic heterocycles. The van der Waals surface area contributed by atoms with Gasteiger partial charge in [-0.05, 0) is 34.7 Å². The quantitative estimate of drug-likeness (QED) is 0.313. The van der Waals surface area contributed by atoms with Gasteiger partial charge in [-0.1, -0.05) is 11.6 Å². The molecular formula is C20H17ClN8O5. The van der Waals surface area contributed by atoms with Crippen LogP contribution in [0.2, 0.25) is 5.02 Å². The molecule has 4 aromatic rings. The number of nitrogens with two attached hydrogens (primary N) is 1. The zero-order valence-corrected chi connectivity index (χ0v) is 18.4. The van der Waals surface area contributed by atoms with Crippen molar-refractivity contribution in [2.75, 3.05) is 20.3 Å². The Labute approximate surface area is 196 Å². The van der Waals surface area contributed by atoms with E-state index in [-0.39, 0.29) is 47.1 Å². The second-order valence-corrected chi connectivity index (χ2v) is 6.95. The van der Waals surface area contributed by atoms with Crippen LogP contribution in [0, 0.1) is 0 Å². The largest absolute Gasteiger partial charge is 0.497 e. The Balaban J connectivity index is 1.83. The molecule has 1 aromatic carbocycles. The molecule has 13 nitrogen and oxygen atoms in total. The lowest BCUT2D eigenvalue weighted by atomic mass is 10.2.